The van der Waals surface area contributed by atoms with Crippen molar-refractivity contribution in [3.63, 3.8) is 0 Å². The van der Waals surface area contributed by atoms with Gasteiger partial charge in [0.25, 0.3) is 0 Å². The third kappa shape index (κ3) is 3.70. The zero-order valence-electron chi connectivity index (χ0n) is 15.0. The van der Waals surface area contributed by atoms with Crippen LogP contribution >= 0.6 is 11.8 Å². The molecule has 0 saturated carbocycles. The number of aromatic nitrogens is 5. The molecule has 4 rings (SSSR count). The van der Waals surface area contributed by atoms with Gasteiger partial charge in [0, 0.05) is 12.4 Å². The van der Waals surface area contributed by atoms with E-state index in [-0.39, 0.29) is 11.6 Å². The summed E-state index contributed by atoms with van der Waals surface area (Å²) in [6, 6.07) is 11.8. The van der Waals surface area contributed by atoms with Gasteiger partial charge in [-0.2, -0.15) is 8.78 Å². The second-order valence-electron chi connectivity index (χ2n) is 6.09. The first-order chi connectivity index (χ1) is 13.6. The number of benzene rings is 1. The molecule has 0 aliphatic carbocycles. The minimum Gasteiger partial charge on any atom is -0.469 e. The van der Waals surface area contributed by atoms with Gasteiger partial charge in [0.05, 0.1) is 24.1 Å². The third-order valence-electron chi connectivity index (χ3n) is 4.29. The van der Waals surface area contributed by atoms with Gasteiger partial charge >= 0.3 is 6.55 Å². The summed E-state index contributed by atoms with van der Waals surface area (Å²) < 4.78 is 34.3. The van der Waals surface area contributed by atoms with E-state index in [0.29, 0.717) is 17.5 Å². The van der Waals surface area contributed by atoms with E-state index >= 15 is 0 Å². The molecule has 0 radical (unpaired) electrons. The summed E-state index contributed by atoms with van der Waals surface area (Å²) in [5.74, 6) is 1.96. The van der Waals surface area contributed by atoms with Crippen LogP contribution in [-0.4, -0.2) is 24.3 Å². The summed E-state index contributed by atoms with van der Waals surface area (Å²) in [5, 5.41) is 9.25. The maximum absolute atomic E-state index is 13.1. The molecule has 0 aliphatic rings. The normalized spacial score (nSPS) is 11.4. The van der Waals surface area contributed by atoms with Crippen molar-refractivity contribution in [3.8, 4) is 11.4 Å². The molecule has 0 unspecified atom stereocenters. The fourth-order valence-corrected chi connectivity index (χ4v) is 3.77. The van der Waals surface area contributed by atoms with Gasteiger partial charge in [-0.1, -0.05) is 42.1 Å². The van der Waals surface area contributed by atoms with Crippen LogP contribution < -0.4 is 0 Å². The zero-order valence-corrected chi connectivity index (χ0v) is 15.8. The molecule has 0 atom stereocenters. The topological polar surface area (TPSA) is 61.7 Å². The van der Waals surface area contributed by atoms with Gasteiger partial charge < -0.3 is 4.42 Å². The predicted molar refractivity (Wildman–Crippen MR) is 101 cm³/mol. The van der Waals surface area contributed by atoms with Crippen LogP contribution in [0.5, 0.6) is 0 Å². The first-order valence-corrected chi connectivity index (χ1v) is 9.56. The Hall–Kier alpha value is -2.94. The van der Waals surface area contributed by atoms with Crippen molar-refractivity contribution >= 4 is 11.8 Å². The largest absolute Gasteiger partial charge is 0.469 e. The van der Waals surface area contributed by atoms with Crippen molar-refractivity contribution in [2.45, 2.75) is 30.9 Å². The Bertz CT molecular complexity index is 1060. The van der Waals surface area contributed by atoms with Crippen molar-refractivity contribution < 1.29 is 13.2 Å². The lowest BCUT2D eigenvalue weighted by Gasteiger charge is -2.10. The van der Waals surface area contributed by atoms with Gasteiger partial charge in [0.2, 0.25) is 0 Å². The van der Waals surface area contributed by atoms with E-state index in [9.17, 15) is 8.78 Å². The highest BCUT2D eigenvalue weighted by molar-refractivity contribution is 7.98. The Morgan fingerprint density at radius 1 is 1.14 bits per heavy atom. The van der Waals surface area contributed by atoms with E-state index in [4.69, 9.17) is 4.42 Å². The fourth-order valence-electron chi connectivity index (χ4n) is 2.88. The fraction of sp³-hybridized carbons (Fsp3) is 0.211. The molecule has 3 aromatic heterocycles. The molecule has 0 fully saturated rings. The quantitative estimate of drug-likeness (QED) is 0.417. The summed E-state index contributed by atoms with van der Waals surface area (Å²) in [4.78, 5) is 4.03. The van der Waals surface area contributed by atoms with E-state index < -0.39 is 6.55 Å². The van der Waals surface area contributed by atoms with Crippen LogP contribution in [0, 0.1) is 6.92 Å². The van der Waals surface area contributed by atoms with Gasteiger partial charge in [-0.15, -0.1) is 10.2 Å². The van der Waals surface area contributed by atoms with E-state index in [1.165, 1.54) is 24.2 Å². The number of furan rings is 1. The third-order valence-corrected chi connectivity index (χ3v) is 5.25. The highest BCUT2D eigenvalue weighted by Gasteiger charge is 2.19. The van der Waals surface area contributed by atoms with Crippen molar-refractivity contribution in [1.82, 2.24) is 24.3 Å². The molecule has 0 saturated heterocycles. The average molecular weight is 401 g/mol. The number of hydrogen-bond acceptors (Lipinski definition) is 5. The number of aryl methyl sites for hydroxylation is 1. The van der Waals surface area contributed by atoms with Gasteiger partial charge in [0.15, 0.2) is 11.0 Å². The number of alkyl halides is 2. The van der Waals surface area contributed by atoms with Crippen LogP contribution in [0.3, 0.4) is 0 Å². The minimum atomic E-state index is -2.62. The summed E-state index contributed by atoms with van der Waals surface area (Å²) in [7, 11) is 0. The van der Waals surface area contributed by atoms with Crippen LogP contribution in [0.2, 0.25) is 0 Å². The second-order valence-corrected chi connectivity index (χ2v) is 7.03. The molecule has 144 valence electrons. The van der Waals surface area contributed by atoms with Crippen molar-refractivity contribution in [1.29, 1.82) is 0 Å². The van der Waals surface area contributed by atoms with E-state index in [2.05, 4.69) is 15.2 Å². The molecule has 0 amide bonds. The smallest absolute Gasteiger partial charge is 0.319 e. The van der Waals surface area contributed by atoms with Crippen molar-refractivity contribution in [3.05, 3.63) is 72.2 Å². The molecular weight excluding hydrogens is 384 g/mol. The molecular formula is C19H17F2N5OS. The lowest BCUT2D eigenvalue weighted by atomic mass is 10.2. The number of hydrogen-bond donors (Lipinski definition) is 0. The molecule has 28 heavy (non-hydrogen) atoms. The van der Waals surface area contributed by atoms with E-state index in [1.54, 1.807) is 6.26 Å². The van der Waals surface area contributed by atoms with Crippen LogP contribution in [0.25, 0.3) is 11.4 Å². The molecule has 1 aromatic carbocycles. The first kappa shape index (κ1) is 18.4. The van der Waals surface area contributed by atoms with Gasteiger partial charge in [-0.3, -0.25) is 9.13 Å². The number of rotatable bonds is 7. The summed E-state index contributed by atoms with van der Waals surface area (Å²) >= 11 is 1.32. The van der Waals surface area contributed by atoms with Gasteiger partial charge in [0.1, 0.15) is 11.6 Å². The SMILES string of the molecule is Cc1occc1-c1nnc(SCc2nccn2C(F)F)n1Cc1ccccc1. The van der Waals surface area contributed by atoms with E-state index in [0.717, 1.165) is 21.5 Å². The Labute approximate surface area is 164 Å². The van der Waals surface area contributed by atoms with Crippen LogP contribution in [-0.2, 0) is 12.3 Å². The Morgan fingerprint density at radius 3 is 2.68 bits per heavy atom. The van der Waals surface area contributed by atoms with Crippen molar-refractivity contribution in [2.75, 3.05) is 0 Å². The lowest BCUT2D eigenvalue weighted by Crippen LogP contribution is -2.06. The number of halogens is 2. The predicted octanol–water partition coefficient (Wildman–Crippen LogP) is 4.78. The zero-order chi connectivity index (χ0) is 19.5. The molecule has 0 bridgehead atoms. The minimum absolute atomic E-state index is 0.259. The molecule has 3 heterocycles. The molecule has 9 heteroatoms. The average Bonchev–Trinajstić information content (AvgIpc) is 3.41. The Morgan fingerprint density at radius 2 is 1.96 bits per heavy atom. The highest BCUT2D eigenvalue weighted by atomic mass is 32.2. The highest BCUT2D eigenvalue weighted by Crippen LogP contribution is 2.29. The summed E-state index contributed by atoms with van der Waals surface area (Å²) in [6.45, 7) is -0.202. The Balaban J connectivity index is 1.66. The van der Waals surface area contributed by atoms with Crippen LogP contribution in [0.1, 0.15) is 23.7 Å². The van der Waals surface area contributed by atoms with Crippen LogP contribution in [0.15, 0.2) is 64.6 Å². The lowest BCUT2D eigenvalue weighted by molar-refractivity contribution is 0.0678. The summed E-state index contributed by atoms with van der Waals surface area (Å²) in [6.07, 6.45) is 4.25. The monoisotopic (exact) mass is 401 g/mol. The number of imidazole rings is 1. The maximum Gasteiger partial charge on any atom is 0.319 e. The first-order valence-electron chi connectivity index (χ1n) is 8.57. The molecule has 0 spiro atoms. The standard InChI is InChI=1S/C19H17F2N5OS/c1-13-15(7-10-27-13)17-23-24-19(26(17)11-14-5-3-2-4-6-14)28-12-16-22-8-9-25(16)18(20)21/h2-10,18H,11-12H2,1H3. The molecule has 0 aliphatic heterocycles. The van der Waals surface area contributed by atoms with Gasteiger partial charge in [-0.05, 0) is 18.6 Å². The van der Waals surface area contributed by atoms with Gasteiger partial charge in [-0.25, -0.2) is 4.98 Å². The number of nitrogens with zero attached hydrogens (tertiary/aromatic N) is 5. The summed E-state index contributed by atoms with van der Waals surface area (Å²) in [5.41, 5.74) is 1.94. The molecule has 4 aromatic rings. The number of thioether (sulfide) groups is 1. The van der Waals surface area contributed by atoms with Crippen molar-refractivity contribution in [2.24, 2.45) is 0 Å². The molecule has 0 N–H and O–H groups in total. The second kappa shape index (κ2) is 7.97. The van der Waals surface area contributed by atoms with Crippen LogP contribution in [0.4, 0.5) is 8.78 Å². The maximum atomic E-state index is 13.1. The molecule has 6 nitrogen and oxygen atoms in total. The Kier molecular flexibility index (Phi) is 5.25. The van der Waals surface area contributed by atoms with E-state index in [1.807, 2.05) is 47.9 Å².